The molecule has 0 aromatic heterocycles. The monoisotopic (exact) mass is 158 g/mol. The van der Waals surface area contributed by atoms with Crippen LogP contribution < -0.4 is 4.89 Å². The molecule has 2 rings (SSSR count). The molecular formula is C10H6O2. The smallest absolute Gasteiger partial charge is 0.177 e. The molecule has 0 aliphatic carbocycles. The molecule has 0 heterocycles. The largest absolute Gasteiger partial charge is 0.305 e. The van der Waals surface area contributed by atoms with Crippen LogP contribution in [-0.4, -0.2) is 0 Å². The lowest BCUT2D eigenvalue weighted by Crippen LogP contribution is -1.81. The minimum atomic E-state index is 0.230. The van der Waals surface area contributed by atoms with Gasteiger partial charge in [0.05, 0.1) is 0 Å². The first kappa shape index (κ1) is 7.13. The lowest BCUT2D eigenvalue weighted by molar-refractivity contribution is -0.208. The fraction of sp³-hybridized carbons (Fsp3) is 0. The maximum absolute atomic E-state index is 10.0. The van der Waals surface area contributed by atoms with Crippen molar-refractivity contribution >= 4 is 10.8 Å². The molecule has 58 valence electrons. The van der Waals surface area contributed by atoms with Crippen LogP contribution in [0, 0.1) is 6.07 Å². The van der Waals surface area contributed by atoms with E-state index in [1.54, 1.807) is 6.07 Å². The maximum Gasteiger partial charge on any atom is 0.177 e. The van der Waals surface area contributed by atoms with E-state index in [0.717, 1.165) is 10.8 Å². The molecule has 0 fully saturated rings. The second-order valence-corrected chi connectivity index (χ2v) is 2.49. The molecule has 0 N–H and O–H groups in total. The molecule has 0 amide bonds. The first-order valence-electron chi connectivity index (χ1n) is 3.61. The second kappa shape index (κ2) is 2.83. The van der Waals surface area contributed by atoms with E-state index in [1.807, 2.05) is 30.3 Å². The van der Waals surface area contributed by atoms with Crippen LogP contribution in [0.3, 0.4) is 0 Å². The zero-order valence-electron chi connectivity index (χ0n) is 6.28. The number of rotatable bonds is 1. The van der Waals surface area contributed by atoms with Gasteiger partial charge in [0.2, 0.25) is 0 Å². The highest BCUT2D eigenvalue weighted by atomic mass is 17.1. The SMILES string of the molecule is [O]Oc1[c]c2ccccc2cc1. The molecule has 0 atom stereocenters. The number of hydrogen-bond acceptors (Lipinski definition) is 1. The van der Waals surface area contributed by atoms with Gasteiger partial charge in [0.1, 0.15) is 0 Å². The van der Waals surface area contributed by atoms with E-state index in [9.17, 15) is 5.26 Å². The van der Waals surface area contributed by atoms with E-state index in [-0.39, 0.29) is 5.75 Å². The van der Waals surface area contributed by atoms with Crippen LogP contribution in [0.4, 0.5) is 0 Å². The van der Waals surface area contributed by atoms with Gasteiger partial charge in [0, 0.05) is 11.3 Å². The molecule has 0 bridgehead atoms. The third-order valence-corrected chi connectivity index (χ3v) is 1.72. The van der Waals surface area contributed by atoms with E-state index in [0.29, 0.717) is 0 Å². The molecule has 0 saturated heterocycles. The molecule has 0 aliphatic heterocycles. The topological polar surface area (TPSA) is 29.1 Å². The Labute approximate surface area is 70.0 Å². The standard InChI is InChI=1S/C10H6O2/c11-12-10-6-5-8-3-1-2-4-9(8)7-10/h1-6H. The van der Waals surface area contributed by atoms with Crippen LogP contribution in [0.1, 0.15) is 0 Å². The van der Waals surface area contributed by atoms with Gasteiger partial charge >= 0.3 is 0 Å². The Morgan fingerprint density at radius 1 is 1.08 bits per heavy atom. The van der Waals surface area contributed by atoms with Crippen molar-refractivity contribution in [3.05, 3.63) is 42.5 Å². The molecule has 0 aliphatic rings. The summed E-state index contributed by atoms with van der Waals surface area (Å²) in [5.41, 5.74) is 0. The average Bonchev–Trinajstić information content (AvgIpc) is 2.17. The highest BCUT2D eigenvalue weighted by Gasteiger charge is 1.96. The van der Waals surface area contributed by atoms with Crippen molar-refractivity contribution in [1.29, 1.82) is 0 Å². The minimum Gasteiger partial charge on any atom is -0.305 e. The summed E-state index contributed by atoms with van der Waals surface area (Å²) in [6.45, 7) is 0. The molecule has 0 spiro atoms. The number of hydrogen-bond donors (Lipinski definition) is 0. The molecule has 0 saturated carbocycles. The first-order chi connectivity index (χ1) is 5.90. The van der Waals surface area contributed by atoms with Crippen molar-refractivity contribution in [3.8, 4) is 5.75 Å². The van der Waals surface area contributed by atoms with Crippen molar-refractivity contribution in [1.82, 2.24) is 0 Å². The quantitative estimate of drug-likeness (QED) is 0.462. The van der Waals surface area contributed by atoms with E-state index >= 15 is 0 Å². The Kier molecular flexibility index (Phi) is 1.68. The number of fused-ring (bicyclic) bond motifs is 1. The highest BCUT2D eigenvalue weighted by molar-refractivity contribution is 5.82. The summed E-state index contributed by atoms with van der Waals surface area (Å²) in [6.07, 6.45) is 0. The predicted molar refractivity (Wildman–Crippen MR) is 44.1 cm³/mol. The van der Waals surface area contributed by atoms with Crippen molar-refractivity contribution in [3.63, 3.8) is 0 Å². The Bertz CT molecular complexity index is 396. The van der Waals surface area contributed by atoms with Gasteiger partial charge in [0.15, 0.2) is 5.75 Å². The zero-order chi connectivity index (χ0) is 8.39. The molecule has 2 aromatic rings. The first-order valence-corrected chi connectivity index (χ1v) is 3.61. The van der Waals surface area contributed by atoms with Crippen LogP contribution in [0.2, 0.25) is 0 Å². The van der Waals surface area contributed by atoms with Gasteiger partial charge in [-0.3, -0.25) is 0 Å². The van der Waals surface area contributed by atoms with Crippen LogP contribution in [0.25, 0.3) is 10.8 Å². The minimum absolute atomic E-state index is 0.230. The summed E-state index contributed by atoms with van der Waals surface area (Å²) >= 11 is 0. The third-order valence-electron chi connectivity index (χ3n) is 1.72. The third kappa shape index (κ3) is 1.12. The normalized spacial score (nSPS) is 10.1. The fourth-order valence-electron chi connectivity index (χ4n) is 1.14. The van der Waals surface area contributed by atoms with Gasteiger partial charge in [0.25, 0.3) is 0 Å². The fourth-order valence-corrected chi connectivity index (χ4v) is 1.14. The summed E-state index contributed by atoms with van der Waals surface area (Å²) < 4.78 is 0. The van der Waals surface area contributed by atoms with Crippen LogP contribution in [0.5, 0.6) is 5.75 Å². The van der Waals surface area contributed by atoms with E-state index < -0.39 is 0 Å². The van der Waals surface area contributed by atoms with Crippen molar-refractivity contribution < 1.29 is 10.1 Å². The van der Waals surface area contributed by atoms with Crippen LogP contribution in [-0.2, 0) is 5.26 Å². The van der Waals surface area contributed by atoms with Crippen LogP contribution >= 0.6 is 0 Å². The Hall–Kier alpha value is -1.54. The predicted octanol–water partition coefficient (Wildman–Crippen LogP) is 2.36. The van der Waals surface area contributed by atoms with Crippen molar-refractivity contribution in [2.45, 2.75) is 0 Å². The lowest BCUT2D eigenvalue weighted by Gasteiger charge is -1.96. The van der Waals surface area contributed by atoms with Gasteiger partial charge in [-0.2, -0.15) is 0 Å². The highest BCUT2D eigenvalue weighted by Crippen LogP contribution is 2.18. The molecule has 2 nitrogen and oxygen atoms in total. The summed E-state index contributed by atoms with van der Waals surface area (Å²) in [5.74, 6) is 0.230. The van der Waals surface area contributed by atoms with Gasteiger partial charge in [-0.15, -0.1) is 0 Å². The summed E-state index contributed by atoms with van der Waals surface area (Å²) in [5, 5.41) is 12.0. The van der Waals surface area contributed by atoms with Gasteiger partial charge in [-0.25, -0.2) is 0 Å². The lowest BCUT2D eigenvalue weighted by atomic mass is 10.1. The number of benzene rings is 2. The second-order valence-electron chi connectivity index (χ2n) is 2.49. The van der Waals surface area contributed by atoms with Gasteiger partial charge in [-0.05, 0) is 16.8 Å². The van der Waals surface area contributed by atoms with Gasteiger partial charge < -0.3 is 4.89 Å². The molecule has 2 aromatic carbocycles. The summed E-state index contributed by atoms with van der Waals surface area (Å²) in [6, 6.07) is 14.0. The van der Waals surface area contributed by atoms with E-state index in [2.05, 4.69) is 11.0 Å². The van der Waals surface area contributed by atoms with Crippen molar-refractivity contribution in [2.24, 2.45) is 0 Å². The molecule has 2 heteroatoms. The Morgan fingerprint density at radius 2 is 1.92 bits per heavy atom. The Morgan fingerprint density at radius 3 is 2.75 bits per heavy atom. The zero-order valence-corrected chi connectivity index (χ0v) is 6.28. The summed E-state index contributed by atoms with van der Waals surface area (Å²) in [4.78, 5) is 3.82. The molecule has 0 unspecified atom stereocenters. The molecule has 2 radical (unpaired) electrons. The Balaban J connectivity index is 2.67. The summed E-state index contributed by atoms with van der Waals surface area (Å²) in [7, 11) is 0. The average molecular weight is 158 g/mol. The van der Waals surface area contributed by atoms with E-state index in [4.69, 9.17) is 0 Å². The van der Waals surface area contributed by atoms with E-state index in [1.165, 1.54) is 0 Å². The van der Waals surface area contributed by atoms with Crippen LogP contribution in [0.15, 0.2) is 36.4 Å². The molecular weight excluding hydrogens is 152 g/mol. The van der Waals surface area contributed by atoms with Gasteiger partial charge in [-0.1, -0.05) is 30.3 Å². The van der Waals surface area contributed by atoms with Crippen molar-refractivity contribution in [2.75, 3.05) is 0 Å². The molecule has 12 heavy (non-hydrogen) atoms. The maximum atomic E-state index is 10.0.